The van der Waals surface area contributed by atoms with E-state index in [9.17, 15) is 4.79 Å². The summed E-state index contributed by atoms with van der Waals surface area (Å²) < 4.78 is 1.81. The minimum Gasteiger partial charge on any atom is -0.348 e. The van der Waals surface area contributed by atoms with Crippen molar-refractivity contribution < 1.29 is 4.79 Å². The highest BCUT2D eigenvalue weighted by atomic mass is 16.2. The van der Waals surface area contributed by atoms with Gasteiger partial charge in [-0.2, -0.15) is 0 Å². The first-order chi connectivity index (χ1) is 8.33. The molecule has 2 fully saturated rings. The number of aromatic nitrogens is 3. The Morgan fingerprint density at radius 2 is 2.35 bits per heavy atom. The second-order valence-corrected chi connectivity index (χ2v) is 4.83. The molecule has 6 heteroatoms. The van der Waals surface area contributed by atoms with E-state index in [0.717, 1.165) is 38.8 Å². The molecule has 0 radical (unpaired) electrons. The van der Waals surface area contributed by atoms with Gasteiger partial charge in [-0.25, -0.2) is 4.68 Å². The molecule has 3 rings (SSSR count). The molecule has 0 bridgehead atoms. The van der Waals surface area contributed by atoms with Crippen molar-refractivity contribution in [2.75, 3.05) is 13.1 Å². The van der Waals surface area contributed by atoms with Gasteiger partial charge in [0.05, 0.1) is 12.2 Å². The molecule has 2 heterocycles. The van der Waals surface area contributed by atoms with Crippen LogP contribution in [0.2, 0.25) is 0 Å². The SMILES string of the molecule is O=C(NC1CC1)c1cn(C2CCCNC2)nn1. The van der Waals surface area contributed by atoms with E-state index in [1.165, 1.54) is 0 Å². The average molecular weight is 235 g/mol. The maximum absolute atomic E-state index is 11.7. The molecule has 0 spiro atoms. The van der Waals surface area contributed by atoms with Crippen LogP contribution in [-0.4, -0.2) is 40.0 Å². The van der Waals surface area contributed by atoms with E-state index in [1.807, 2.05) is 4.68 Å². The van der Waals surface area contributed by atoms with E-state index in [2.05, 4.69) is 20.9 Å². The zero-order chi connectivity index (χ0) is 11.7. The smallest absolute Gasteiger partial charge is 0.273 e. The van der Waals surface area contributed by atoms with Crippen LogP contribution in [0.4, 0.5) is 0 Å². The normalized spacial score (nSPS) is 24.6. The molecule has 1 atom stereocenters. The topological polar surface area (TPSA) is 71.8 Å². The van der Waals surface area contributed by atoms with Gasteiger partial charge in [-0.1, -0.05) is 5.21 Å². The molecule has 1 amide bonds. The zero-order valence-corrected chi connectivity index (χ0v) is 9.72. The molecule has 6 nitrogen and oxygen atoms in total. The van der Waals surface area contributed by atoms with Crippen LogP contribution in [0.5, 0.6) is 0 Å². The van der Waals surface area contributed by atoms with Gasteiger partial charge in [-0.15, -0.1) is 5.10 Å². The zero-order valence-electron chi connectivity index (χ0n) is 9.72. The standard InChI is InChI=1S/C11H17N5O/c17-11(13-8-3-4-8)10-7-16(15-14-10)9-2-1-5-12-6-9/h7-9,12H,1-6H2,(H,13,17). The Kier molecular flexibility index (Phi) is 2.80. The highest BCUT2D eigenvalue weighted by Crippen LogP contribution is 2.19. The monoisotopic (exact) mass is 235 g/mol. The van der Waals surface area contributed by atoms with Crippen LogP contribution in [0, 0.1) is 0 Å². The van der Waals surface area contributed by atoms with E-state index in [4.69, 9.17) is 0 Å². The van der Waals surface area contributed by atoms with Gasteiger partial charge in [-0.05, 0) is 32.2 Å². The van der Waals surface area contributed by atoms with Crippen LogP contribution in [0.1, 0.15) is 42.2 Å². The first kappa shape index (κ1) is 10.7. The predicted molar refractivity (Wildman–Crippen MR) is 61.7 cm³/mol. The molecular formula is C11H17N5O. The van der Waals surface area contributed by atoms with Gasteiger partial charge in [-0.3, -0.25) is 4.79 Å². The number of nitrogens with zero attached hydrogens (tertiary/aromatic N) is 3. The summed E-state index contributed by atoms with van der Waals surface area (Å²) in [6, 6.07) is 0.697. The number of amides is 1. The van der Waals surface area contributed by atoms with Crippen LogP contribution in [0.15, 0.2) is 6.20 Å². The van der Waals surface area contributed by atoms with E-state index in [1.54, 1.807) is 6.20 Å². The summed E-state index contributed by atoms with van der Waals surface area (Å²) in [7, 11) is 0. The number of carbonyl (C=O) groups is 1. The molecule has 1 saturated carbocycles. The maximum atomic E-state index is 11.7. The van der Waals surface area contributed by atoms with Crippen molar-refractivity contribution in [1.82, 2.24) is 25.6 Å². The molecule has 1 aromatic rings. The Labute approximate surface area is 99.8 Å². The van der Waals surface area contributed by atoms with Crippen LogP contribution < -0.4 is 10.6 Å². The molecule has 92 valence electrons. The molecule has 1 aliphatic carbocycles. The van der Waals surface area contributed by atoms with Gasteiger partial charge < -0.3 is 10.6 Å². The molecule has 0 aromatic carbocycles. The van der Waals surface area contributed by atoms with Crippen LogP contribution in [0.3, 0.4) is 0 Å². The third-order valence-electron chi connectivity index (χ3n) is 3.30. The second-order valence-electron chi connectivity index (χ2n) is 4.83. The molecular weight excluding hydrogens is 218 g/mol. The Morgan fingerprint density at radius 3 is 3.06 bits per heavy atom. The number of nitrogens with one attached hydrogen (secondary N) is 2. The lowest BCUT2D eigenvalue weighted by molar-refractivity contribution is 0.0946. The lowest BCUT2D eigenvalue weighted by Gasteiger charge is -2.22. The van der Waals surface area contributed by atoms with Crippen molar-refractivity contribution in [2.24, 2.45) is 0 Å². The lowest BCUT2D eigenvalue weighted by atomic mass is 10.1. The van der Waals surface area contributed by atoms with Crippen molar-refractivity contribution in [3.63, 3.8) is 0 Å². The number of rotatable bonds is 3. The fraction of sp³-hybridized carbons (Fsp3) is 0.727. The van der Waals surface area contributed by atoms with Crippen molar-refractivity contribution in [3.8, 4) is 0 Å². The van der Waals surface area contributed by atoms with Crippen molar-refractivity contribution in [1.29, 1.82) is 0 Å². The Hall–Kier alpha value is -1.43. The largest absolute Gasteiger partial charge is 0.348 e. The minimum atomic E-state index is -0.0949. The summed E-state index contributed by atoms with van der Waals surface area (Å²) in [4.78, 5) is 11.7. The van der Waals surface area contributed by atoms with Crippen LogP contribution >= 0.6 is 0 Å². The Balaban J connectivity index is 1.65. The quantitative estimate of drug-likeness (QED) is 0.779. The van der Waals surface area contributed by atoms with Crippen molar-refractivity contribution >= 4 is 5.91 Å². The molecule has 1 aromatic heterocycles. The average Bonchev–Trinajstić information content (AvgIpc) is 3.04. The lowest BCUT2D eigenvalue weighted by Crippen LogP contribution is -2.32. The molecule has 1 saturated heterocycles. The summed E-state index contributed by atoms with van der Waals surface area (Å²) in [5.41, 5.74) is 0.433. The van der Waals surface area contributed by atoms with Gasteiger partial charge in [0.15, 0.2) is 5.69 Å². The van der Waals surface area contributed by atoms with E-state index < -0.39 is 0 Å². The van der Waals surface area contributed by atoms with E-state index in [0.29, 0.717) is 17.8 Å². The first-order valence-electron chi connectivity index (χ1n) is 6.26. The maximum Gasteiger partial charge on any atom is 0.273 e. The predicted octanol–water partition coefficient (Wildman–Crippen LogP) is 0.0948. The summed E-state index contributed by atoms with van der Waals surface area (Å²) in [5.74, 6) is -0.0949. The first-order valence-corrected chi connectivity index (χ1v) is 6.26. The van der Waals surface area contributed by atoms with Gasteiger partial charge in [0, 0.05) is 12.6 Å². The second kappa shape index (κ2) is 4.44. The van der Waals surface area contributed by atoms with E-state index >= 15 is 0 Å². The van der Waals surface area contributed by atoms with Gasteiger partial charge in [0.25, 0.3) is 5.91 Å². The van der Waals surface area contributed by atoms with Crippen molar-refractivity contribution in [2.45, 2.75) is 37.8 Å². The highest BCUT2D eigenvalue weighted by Gasteiger charge is 2.25. The number of hydrogen-bond donors (Lipinski definition) is 2. The van der Waals surface area contributed by atoms with E-state index in [-0.39, 0.29) is 5.91 Å². The van der Waals surface area contributed by atoms with Crippen LogP contribution in [0.25, 0.3) is 0 Å². The molecule has 2 aliphatic rings. The number of piperidine rings is 1. The van der Waals surface area contributed by atoms with Crippen molar-refractivity contribution in [3.05, 3.63) is 11.9 Å². The number of carbonyl (C=O) groups excluding carboxylic acids is 1. The minimum absolute atomic E-state index is 0.0949. The molecule has 1 aliphatic heterocycles. The third kappa shape index (κ3) is 2.46. The molecule has 2 N–H and O–H groups in total. The number of hydrogen-bond acceptors (Lipinski definition) is 4. The summed E-state index contributed by atoms with van der Waals surface area (Å²) in [6.45, 7) is 1.98. The molecule has 17 heavy (non-hydrogen) atoms. The Bertz CT molecular complexity index is 406. The fourth-order valence-corrected chi connectivity index (χ4v) is 2.11. The highest BCUT2D eigenvalue weighted by molar-refractivity contribution is 5.92. The fourth-order valence-electron chi connectivity index (χ4n) is 2.11. The molecule has 1 unspecified atom stereocenters. The van der Waals surface area contributed by atoms with Gasteiger partial charge in [0.1, 0.15) is 0 Å². The van der Waals surface area contributed by atoms with Gasteiger partial charge in [0.2, 0.25) is 0 Å². The summed E-state index contributed by atoms with van der Waals surface area (Å²) in [5, 5.41) is 14.2. The van der Waals surface area contributed by atoms with Crippen LogP contribution in [-0.2, 0) is 0 Å². The third-order valence-corrected chi connectivity index (χ3v) is 3.30. The summed E-state index contributed by atoms with van der Waals surface area (Å²) >= 11 is 0. The van der Waals surface area contributed by atoms with Gasteiger partial charge >= 0.3 is 0 Å². The Morgan fingerprint density at radius 1 is 1.47 bits per heavy atom. The summed E-state index contributed by atoms with van der Waals surface area (Å²) in [6.07, 6.45) is 6.18.